The van der Waals surface area contributed by atoms with Crippen LogP contribution in [0.2, 0.25) is 0 Å². The van der Waals surface area contributed by atoms with Crippen LogP contribution in [0, 0.1) is 0 Å². The molecule has 0 fully saturated rings. The van der Waals surface area contributed by atoms with Crippen LogP contribution in [0.15, 0.2) is 24.3 Å². The number of nitrogens with one attached hydrogen (secondary N) is 3. The number of hydrogen-bond donors (Lipinski definition) is 9. The summed E-state index contributed by atoms with van der Waals surface area (Å²) in [4.78, 5) is 71.0. The quantitative estimate of drug-likeness (QED) is 0.120. The van der Waals surface area contributed by atoms with Gasteiger partial charge in [0.2, 0.25) is 23.6 Å². The number of primary amides is 1. The van der Waals surface area contributed by atoms with Crippen LogP contribution in [-0.2, 0) is 35.2 Å². The summed E-state index contributed by atoms with van der Waals surface area (Å²) in [6.07, 6.45) is -1.72. The number of carboxylic acid groups (broad SMARTS) is 2. The number of benzene rings is 1. The average Bonchev–Trinajstić information content (AvgIpc) is 2.76. The lowest BCUT2D eigenvalue weighted by Crippen LogP contribution is -2.58. The number of phenolic OH excluding ortho intramolecular Hbond substituents is 1. The number of phenols is 1. The molecule has 15 nitrogen and oxygen atoms in total. The van der Waals surface area contributed by atoms with E-state index in [0.29, 0.717) is 5.56 Å². The second-order valence-electron chi connectivity index (χ2n) is 7.45. The summed E-state index contributed by atoms with van der Waals surface area (Å²) in [5.41, 5.74) is 11.4. The van der Waals surface area contributed by atoms with Crippen LogP contribution >= 0.6 is 0 Å². The van der Waals surface area contributed by atoms with Gasteiger partial charge in [-0.1, -0.05) is 12.1 Å². The number of amides is 4. The van der Waals surface area contributed by atoms with E-state index in [1.807, 2.05) is 10.6 Å². The smallest absolute Gasteiger partial charge is 0.328 e. The lowest BCUT2D eigenvalue weighted by atomic mass is 10.0. The van der Waals surface area contributed by atoms with Crippen molar-refractivity contribution in [2.75, 3.05) is 6.61 Å². The second-order valence-corrected chi connectivity index (χ2v) is 7.45. The molecular formula is C20H27N5O10. The second kappa shape index (κ2) is 13.5. The molecule has 35 heavy (non-hydrogen) atoms. The molecule has 0 spiro atoms. The summed E-state index contributed by atoms with van der Waals surface area (Å²) >= 11 is 0. The van der Waals surface area contributed by atoms with E-state index >= 15 is 0 Å². The highest BCUT2D eigenvalue weighted by Crippen LogP contribution is 2.11. The number of rotatable bonds is 14. The monoisotopic (exact) mass is 497 g/mol. The number of aromatic hydroxyl groups is 1. The van der Waals surface area contributed by atoms with Gasteiger partial charge in [0.1, 0.15) is 23.9 Å². The first kappa shape index (κ1) is 28.8. The standard InChI is InChI=1S/C20H27N5O10/c21-11(5-9-1-3-10(27)4-2-9)17(31)23-13(7-16(29)30)19(33)24-12(6-15(22)28)18(32)25-14(8-26)20(34)35/h1-4,11-14,26-27H,5-8,21H2,(H2,22,28)(H,23,31)(H,24,33)(H,25,32)(H,29,30)(H,34,35). The van der Waals surface area contributed by atoms with Crippen molar-refractivity contribution in [3.63, 3.8) is 0 Å². The summed E-state index contributed by atoms with van der Waals surface area (Å²) in [5.74, 6) is -7.42. The highest BCUT2D eigenvalue weighted by Gasteiger charge is 2.32. The third-order valence-electron chi connectivity index (χ3n) is 4.58. The van der Waals surface area contributed by atoms with Gasteiger partial charge in [-0.15, -0.1) is 0 Å². The Hall–Kier alpha value is -4.24. The summed E-state index contributed by atoms with van der Waals surface area (Å²) in [7, 11) is 0. The van der Waals surface area contributed by atoms with Crippen LogP contribution in [0.1, 0.15) is 18.4 Å². The zero-order valence-corrected chi connectivity index (χ0v) is 18.3. The van der Waals surface area contributed by atoms with Crippen molar-refractivity contribution < 1.29 is 49.2 Å². The van der Waals surface area contributed by atoms with Crippen molar-refractivity contribution in [1.29, 1.82) is 0 Å². The van der Waals surface area contributed by atoms with E-state index in [2.05, 4.69) is 5.32 Å². The van der Waals surface area contributed by atoms with Gasteiger partial charge in [-0.2, -0.15) is 0 Å². The van der Waals surface area contributed by atoms with Crippen molar-refractivity contribution in [3.05, 3.63) is 29.8 Å². The summed E-state index contributed by atoms with van der Waals surface area (Å²) in [6, 6.07) is -0.653. The minimum atomic E-state index is -1.75. The van der Waals surface area contributed by atoms with E-state index < -0.39 is 79.2 Å². The molecule has 0 aliphatic rings. The largest absolute Gasteiger partial charge is 0.508 e. The molecule has 0 saturated heterocycles. The van der Waals surface area contributed by atoms with Crippen LogP contribution in [0.5, 0.6) is 5.75 Å². The van der Waals surface area contributed by atoms with Gasteiger partial charge < -0.3 is 47.8 Å². The SMILES string of the molecule is NC(=O)CC(NC(=O)C(CC(=O)O)NC(=O)C(N)Cc1ccc(O)cc1)C(=O)NC(CO)C(=O)O. The third kappa shape index (κ3) is 10.1. The molecule has 4 unspecified atom stereocenters. The van der Waals surface area contributed by atoms with Crippen LogP contribution < -0.4 is 27.4 Å². The van der Waals surface area contributed by atoms with Gasteiger partial charge in [0.05, 0.1) is 25.5 Å². The van der Waals surface area contributed by atoms with E-state index in [1.54, 1.807) is 0 Å². The number of carboxylic acids is 2. The summed E-state index contributed by atoms with van der Waals surface area (Å²) in [5, 5.41) is 42.5. The zero-order chi connectivity index (χ0) is 26.7. The molecule has 0 aliphatic heterocycles. The average molecular weight is 497 g/mol. The van der Waals surface area contributed by atoms with Gasteiger partial charge >= 0.3 is 11.9 Å². The molecule has 4 amide bonds. The van der Waals surface area contributed by atoms with E-state index in [9.17, 15) is 33.9 Å². The fourth-order valence-corrected chi connectivity index (χ4v) is 2.78. The number of aliphatic carboxylic acids is 2. The van der Waals surface area contributed by atoms with Crippen LogP contribution in [0.4, 0.5) is 0 Å². The molecule has 0 aromatic heterocycles. The van der Waals surface area contributed by atoms with Gasteiger partial charge in [0, 0.05) is 0 Å². The van der Waals surface area contributed by atoms with E-state index in [-0.39, 0.29) is 12.2 Å². The first-order chi connectivity index (χ1) is 16.3. The lowest BCUT2D eigenvalue weighted by Gasteiger charge is -2.23. The molecule has 192 valence electrons. The maximum atomic E-state index is 12.7. The first-order valence-electron chi connectivity index (χ1n) is 10.1. The lowest BCUT2D eigenvalue weighted by molar-refractivity contribution is -0.144. The predicted octanol–water partition coefficient (Wildman–Crippen LogP) is -3.86. The molecule has 0 heterocycles. The van der Waals surface area contributed by atoms with Crippen molar-refractivity contribution in [2.45, 2.75) is 43.4 Å². The highest BCUT2D eigenvalue weighted by atomic mass is 16.4. The van der Waals surface area contributed by atoms with E-state index in [0.717, 1.165) is 0 Å². The van der Waals surface area contributed by atoms with Crippen molar-refractivity contribution in [2.24, 2.45) is 11.5 Å². The first-order valence-corrected chi connectivity index (χ1v) is 10.1. The van der Waals surface area contributed by atoms with Gasteiger partial charge in [-0.25, -0.2) is 4.79 Å². The topological polar surface area (TPSA) is 271 Å². The molecule has 15 heteroatoms. The molecule has 0 saturated carbocycles. The number of hydrogen-bond acceptors (Lipinski definition) is 9. The summed E-state index contributed by atoms with van der Waals surface area (Å²) < 4.78 is 0. The van der Waals surface area contributed by atoms with Crippen LogP contribution in [0.3, 0.4) is 0 Å². The Bertz CT molecular complexity index is 952. The van der Waals surface area contributed by atoms with Gasteiger partial charge in [0.15, 0.2) is 0 Å². The Balaban J connectivity index is 2.95. The van der Waals surface area contributed by atoms with Crippen LogP contribution in [0.25, 0.3) is 0 Å². The third-order valence-corrected chi connectivity index (χ3v) is 4.58. The highest BCUT2D eigenvalue weighted by molar-refractivity contribution is 5.97. The molecular weight excluding hydrogens is 470 g/mol. The molecule has 1 aromatic rings. The molecule has 1 rings (SSSR count). The van der Waals surface area contributed by atoms with Gasteiger partial charge in [-0.3, -0.25) is 24.0 Å². The number of carbonyl (C=O) groups is 6. The predicted molar refractivity (Wildman–Crippen MR) is 116 cm³/mol. The Kier molecular flexibility index (Phi) is 11.1. The van der Waals surface area contributed by atoms with Crippen molar-refractivity contribution in [3.8, 4) is 5.75 Å². The maximum absolute atomic E-state index is 12.7. The molecule has 4 atom stereocenters. The fraction of sp³-hybridized carbons (Fsp3) is 0.400. The van der Waals surface area contributed by atoms with Crippen LogP contribution in [-0.4, -0.2) is 86.8 Å². The minimum absolute atomic E-state index is 0.00631. The van der Waals surface area contributed by atoms with E-state index in [4.69, 9.17) is 26.8 Å². The molecule has 0 aliphatic carbocycles. The minimum Gasteiger partial charge on any atom is -0.508 e. The summed E-state index contributed by atoms with van der Waals surface area (Å²) in [6.45, 7) is -0.991. The normalized spacial score (nSPS) is 14.0. The molecule has 0 radical (unpaired) electrons. The van der Waals surface area contributed by atoms with Gasteiger partial charge in [-0.05, 0) is 24.1 Å². The maximum Gasteiger partial charge on any atom is 0.328 e. The fourth-order valence-electron chi connectivity index (χ4n) is 2.78. The Morgan fingerprint density at radius 1 is 0.800 bits per heavy atom. The van der Waals surface area contributed by atoms with Crippen molar-refractivity contribution >= 4 is 35.6 Å². The number of carbonyl (C=O) groups excluding carboxylic acids is 4. The number of nitrogens with two attached hydrogens (primary N) is 2. The Morgan fingerprint density at radius 3 is 1.74 bits per heavy atom. The Labute approximate surface area is 198 Å². The van der Waals surface area contributed by atoms with Gasteiger partial charge in [0.25, 0.3) is 0 Å². The number of aliphatic hydroxyl groups is 1. The van der Waals surface area contributed by atoms with Crippen molar-refractivity contribution in [1.82, 2.24) is 16.0 Å². The number of aliphatic hydroxyl groups excluding tert-OH is 1. The Morgan fingerprint density at radius 2 is 1.29 bits per heavy atom. The van der Waals surface area contributed by atoms with E-state index in [1.165, 1.54) is 24.3 Å². The molecule has 1 aromatic carbocycles. The molecule has 11 N–H and O–H groups in total. The zero-order valence-electron chi connectivity index (χ0n) is 18.3. The molecule has 0 bridgehead atoms.